The second kappa shape index (κ2) is 6.82. The lowest BCUT2D eigenvalue weighted by Gasteiger charge is -2.30. The van der Waals surface area contributed by atoms with Crippen molar-refractivity contribution < 1.29 is 4.79 Å². The highest BCUT2D eigenvalue weighted by Crippen LogP contribution is 2.36. The zero-order valence-corrected chi connectivity index (χ0v) is 14.7. The largest absolute Gasteiger partial charge is 0.349 e. The molecule has 3 aliphatic rings. The molecule has 2 aliphatic carbocycles. The van der Waals surface area contributed by atoms with E-state index in [2.05, 4.69) is 25.0 Å². The molecule has 0 bridgehead atoms. The summed E-state index contributed by atoms with van der Waals surface area (Å²) in [5.74, 6) is 2.21. The first-order chi connectivity index (χ1) is 11.7. The zero-order chi connectivity index (χ0) is 16.5. The second-order valence-corrected chi connectivity index (χ2v) is 7.75. The summed E-state index contributed by atoms with van der Waals surface area (Å²) in [6.45, 7) is 4.52. The Morgan fingerprint density at radius 1 is 1.08 bits per heavy atom. The van der Waals surface area contributed by atoms with E-state index in [4.69, 9.17) is 0 Å². The number of nitrogens with zero attached hydrogens (tertiary/aromatic N) is 4. The van der Waals surface area contributed by atoms with E-state index in [9.17, 15) is 4.79 Å². The number of nitrogens with one attached hydrogen (secondary N) is 1. The smallest absolute Gasteiger partial charge is 0.224 e. The lowest BCUT2D eigenvalue weighted by atomic mass is 9.94. The summed E-state index contributed by atoms with van der Waals surface area (Å²) in [4.78, 5) is 15.1. The van der Waals surface area contributed by atoms with Crippen LogP contribution in [0.5, 0.6) is 0 Å². The van der Waals surface area contributed by atoms with Gasteiger partial charge < -0.3 is 9.88 Å². The van der Waals surface area contributed by atoms with Crippen molar-refractivity contribution in [3.05, 3.63) is 11.6 Å². The molecule has 4 rings (SSSR count). The van der Waals surface area contributed by atoms with Gasteiger partial charge in [-0.2, -0.15) is 0 Å². The van der Waals surface area contributed by atoms with E-state index in [1.807, 2.05) is 6.92 Å². The molecule has 24 heavy (non-hydrogen) atoms. The molecule has 2 saturated carbocycles. The molecule has 1 atom stereocenters. The van der Waals surface area contributed by atoms with Crippen LogP contribution < -0.4 is 5.32 Å². The van der Waals surface area contributed by atoms with Crippen LogP contribution in [0.15, 0.2) is 0 Å². The Hall–Kier alpha value is -1.43. The summed E-state index contributed by atoms with van der Waals surface area (Å²) in [5, 5.41) is 11.5. The van der Waals surface area contributed by atoms with Gasteiger partial charge in [0.2, 0.25) is 5.91 Å². The average Bonchev–Trinajstić information content (AvgIpc) is 3.19. The van der Waals surface area contributed by atoms with Crippen molar-refractivity contribution in [1.82, 2.24) is 25.0 Å². The number of carbonyl (C=O) groups excluding carboxylic acids is 1. The molecule has 3 fully saturated rings. The normalized spacial score (nSPS) is 26.0. The maximum atomic E-state index is 12.6. The number of rotatable bonds is 5. The van der Waals surface area contributed by atoms with Gasteiger partial charge in [-0.15, -0.1) is 10.2 Å². The number of aromatic nitrogens is 3. The Morgan fingerprint density at radius 3 is 2.62 bits per heavy atom. The SMILES string of the molecule is Cc1nnc(CNC(=O)[C@@H]2CCN(C3CCCCC3)C2)n1C1CC1. The van der Waals surface area contributed by atoms with Crippen LogP contribution >= 0.6 is 0 Å². The molecule has 6 nitrogen and oxygen atoms in total. The van der Waals surface area contributed by atoms with Crippen molar-refractivity contribution in [2.45, 2.75) is 76.9 Å². The molecule has 1 aliphatic heterocycles. The maximum absolute atomic E-state index is 12.6. The van der Waals surface area contributed by atoms with Crippen molar-refractivity contribution in [1.29, 1.82) is 0 Å². The molecule has 1 saturated heterocycles. The predicted octanol–water partition coefficient (Wildman–Crippen LogP) is 2.19. The molecule has 6 heteroatoms. The van der Waals surface area contributed by atoms with E-state index >= 15 is 0 Å². The Kier molecular flexibility index (Phi) is 4.57. The number of aryl methyl sites for hydroxylation is 1. The maximum Gasteiger partial charge on any atom is 0.224 e. The molecular weight excluding hydrogens is 302 g/mol. The molecule has 1 aromatic heterocycles. The minimum atomic E-state index is 0.144. The molecule has 132 valence electrons. The standard InChI is InChI=1S/C18H29N5O/c1-13-20-21-17(23(13)16-7-8-16)11-19-18(24)14-9-10-22(12-14)15-5-3-2-4-6-15/h14-16H,2-12H2,1H3,(H,19,24)/t14-/m1/s1. The number of amides is 1. The minimum Gasteiger partial charge on any atom is -0.349 e. The fourth-order valence-electron chi connectivity index (χ4n) is 4.43. The summed E-state index contributed by atoms with van der Waals surface area (Å²) in [7, 11) is 0. The van der Waals surface area contributed by atoms with Gasteiger partial charge in [0.1, 0.15) is 5.82 Å². The molecule has 0 unspecified atom stereocenters. The summed E-state index contributed by atoms with van der Waals surface area (Å²) in [6, 6.07) is 1.28. The first kappa shape index (κ1) is 16.1. The van der Waals surface area contributed by atoms with Crippen LogP contribution in [0.3, 0.4) is 0 Å². The van der Waals surface area contributed by atoms with Crippen molar-refractivity contribution >= 4 is 5.91 Å². The molecule has 0 radical (unpaired) electrons. The van der Waals surface area contributed by atoms with Crippen molar-refractivity contribution in [3.8, 4) is 0 Å². The van der Waals surface area contributed by atoms with E-state index in [0.29, 0.717) is 12.6 Å². The van der Waals surface area contributed by atoms with Gasteiger partial charge in [-0.1, -0.05) is 19.3 Å². The van der Waals surface area contributed by atoms with E-state index < -0.39 is 0 Å². The molecule has 0 aromatic carbocycles. The molecule has 0 spiro atoms. The Labute approximate surface area is 144 Å². The summed E-state index contributed by atoms with van der Waals surface area (Å²) < 4.78 is 2.20. The van der Waals surface area contributed by atoms with Gasteiger partial charge in [0.05, 0.1) is 12.5 Å². The van der Waals surface area contributed by atoms with Crippen molar-refractivity contribution in [2.24, 2.45) is 5.92 Å². The van der Waals surface area contributed by atoms with Gasteiger partial charge in [-0.05, 0) is 45.6 Å². The second-order valence-electron chi connectivity index (χ2n) is 7.75. The van der Waals surface area contributed by atoms with Gasteiger partial charge in [-0.3, -0.25) is 9.69 Å². The van der Waals surface area contributed by atoms with Crippen LogP contribution in [0.4, 0.5) is 0 Å². The monoisotopic (exact) mass is 331 g/mol. The van der Waals surface area contributed by atoms with Crippen molar-refractivity contribution in [2.75, 3.05) is 13.1 Å². The van der Waals surface area contributed by atoms with Crippen LogP contribution in [0.1, 0.15) is 69.1 Å². The Morgan fingerprint density at radius 2 is 1.88 bits per heavy atom. The van der Waals surface area contributed by atoms with E-state index in [-0.39, 0.29) is 11.8 Å². The molecule has 1 aromatic rings. The van der Waals surface area contributed by atoms with Crippen LogP contribution in [0.25, 0.3) is 0 Å². The number of hydrogen-bond acceptors (Lipinski definition) is 4. The van der Waals surface area contributed by atoms with Gasteiger partial charge in [0, 0.05) is 18.6 Å². The van der Waals surface area contributed by atoms with Gasteiger partial charge in [0.25, 0.3) is 0 Å². The van der Waals surface area contributed by atoms with Crippen LogP contribution in [-0.4, -0.2) is 44.7 Å². The van der Waals surface area contributed by atoms with Crippen molar-refractivity contribution in [3.63, 3.8) is 0 Å². The molecular formula is C18H29N5O. The summed E-state index contributed by atoms with van der Waals surface area (Å²) >= 11 is 0. The first-order valence-electron chi connectivity index (χ1n) is 9.64. The lowest BCUT2D eigenvalue weighted by Crippen LogP contribution is -2.37. The number of carbonyl (C=O) groups is 1. The Balaban J connectivity index is 1.29. The third kappa shape index (κ3) is 3.34. The fraction of sp³-hybridized carbons (Fsp3) is 0.833. The minimum absolute atomic E-state index is 0.144. The molecule has 1 N–H and O–H groups in total. The van der Waals surface area contributed by atoms with E-state index in [1.165, 1.54) is 44.9 Å². The summed E-state index contributed by atoms with van der Waals surface area (Å²) in [5.41, 5.74) is 0. The topological polar surface area (TPSA) is 63.1 Å². The van der Waals surface area contributed by atoms with Gasteiger partial charge in [0.15, 0.2) is 5.82 Å². The number of hydrogen-bond donors (Lipinski definition) is 1. The highest BCUT2D eigenvalue weighted by Gasteiger charge is 2.33. The zero-order valence-electron chi connectivity index (χ0n) is 14.7. The number of likely N-dealkylation sites (tertiary alicyclic amines) is 1. The quantitative estimate of drug-likeness (QED) is 0.898. The lowest BCUT2D eigenvalue weighted by molar-refractivity contribution is -0.124. The molecule has 2 heterocycles. The average molecular weight is 331 g/mol. The third-order valence-electron chi connectivity index (χ3n) is 5.95. The van der Waals surface area contributed by atoms with Gasteiger partial charge >= 0.3 is 0 Å². The summed E-state index contributed by atoms with van der Waals surface area (Å²) in [6.07, 6.45) is 10.1. The Bertz CT molecular complexity index is 588. The van der Waals surface area contributed by atoms with E-state index in [1.54, 1.807) is 0 Å². The predicted molar refractivity (Wildman–Crippen MR) is 91.4 cm³/mol. The third-order valence-corrected chi connectivity index (χ3v) is 5.95. The van der Waals surface area contributed by atoms with E-state index in [0.717, 1.165) is 37.2 Å². The van der Waals surface area contributed by atoms with Crippen LogP contribution in [-0.2, 0) is 11.3 Å². The fourth-order valence-corrected chi connectivity index (χ4v) is 4.43. The van der Waals surface area contributed by atoms with Crippen LogP contribution in [0, 0.1) is 12.8 Å². The first-order valence-corrected chi connectivity index (χ1v) is 9.64. The highest BCUT2D eigenvalue weighted by molar-refractivity contribution is 5.79. The van der Waals surface area contributed by atoms with Crippen LogP contribution in [0.2, 0.25) is 0 Å². The molecule has 1 amide bonds. The van der Waals surface area contributed by atoms with Gasteiger partial charge in [-0.25, -0.2) is 0 Å². The highest BCUT2D eigenvalue weighted by atomic mass is 16.1.